The first kappa shape index (κ1) is 25.9. The summed E-state index contributed by atoms with van der Waals surface area (Å²) in [5.74, 6) is -0.755. The predicted molar refractivity (Wildman–Crippen MR) is 113 cm³/mol. The van der Waals surface area contributed by atoms with E-state index in [0.717, 1.165) is 12.8 Å². The Hall–Kier alpha value is -2.12. The number of carbonyl (C=O) groups excluding carboxylic acids is 3. The van der Waals surface area contributed by atoms with Crippen molar-refractivity contribution in [1.82, 2.24) is 9.80 Å². The van der Waals surface area contributed by atoms with Crippen LogP contribution in [0.3, 0.4) is 0 Å². The van der Waals surface area contributed by atoms with Crippen molar-refractivity contribution in [1.29, 1.82) is 0 Å². The van der Waals surface area contributed by atoms with E-state index in [0.29, 0.717) is 45.6 Å². The smallest absolute Gasteiger partial charge is 0.309 e. The summed E-state index contributed by atoms with van der Waals surface area (Å²) in [6, 6.07) is 0. The number of likely N-dealkylation sites (tertiary alicyclic amines) is 2. The standard InChI is InChI=1S/C12H21NO3.C10H17NO3/c1-4-16-12(15)10-5-7-13(8-6-10)11(14)9(2)3;1-7(2)9(12)11-5-3-8(4-6-11)10(13)14/h9-10H,4-8H2,1-3H3;7-8H,3-6H2,1-2H3,(H,13,14). The number of hydrogen-bond acceptors (Lipinski definition) is 5. The Morgan fingerprint density at radius 3 is 1.47 bits per heavy atom. The zero-order valence-corrected chi connectivity index (χ0v) is 19.1. The molecule has 2 aliphatic heterocycles. The summed E-state index contributed by atoms with van der Waals surface area (Å²) < 4.78 is 4.98. The van der Waals surface area contributed by atoms with Crippen LogP contribution in [0.5, 0.6) is 0 Å². The van der Waals surface area contributed by atoms with Crippen LogP contribution in [0.4, 0.5) is 0 Å². The van der Waals surface area contributed by atoms with Crippen LogP contribution in [-0.2, 0) is 23.9 Å². The van der Waals surface area contributed by atoms with Crippen molar-refractivity contribution < 1.29 is 29.0 Å². The summed E-state index contributed by atoms with van der Waals surface area (Å²) in [4.78, 5) is 49.0. The third kappa shape index (κ3) is 7.95. The van der Waals surface area contributed by atoms with Gasteiger partial charge in [0.05, 0.1) is 18.4 Å². The fourth-order valence-corrected chi connectivity index (χ4v) is 3.67. The van der Waals surface area contributed by atoms with Crippen LogP contribution in [0.15, 0.2) is 0 Å². The normalized spacial score (nSPS) is 18.1. The molecule has 172 valence electrons. The quantitative estimate of drug-likeness (QED) is 0.677. The first-order valence-corrected chi connectivity index (χ1v) is 11.0. The monoisotopic (exact) mass is 426 g/mol. The van der Waals surface area contributed by atoms with Gasteiger partial charge in [-0.15, -0.1) is 0 Å². The van der Waals surface area contributed by atoms with Crippen molar-refractivity contribution in [2.75, 3.05) is 32.8 Å². The molecule has 1 N–H and O–H groups in total. The Balaban J connectivity index is 0.000000303. The summed E-state index contributed by atoms with van der Waals surface area (Å²) in [6.07, 6.45) is 2.65. The zero-order valence-electron chi connectivity index (χ0n) is 19.1. The number of nitrogens with zero attached hydrogens (tertiary/aromatic N) is 2. The van der Waals surface area contributed by atoms with E-state index in [-0.39, 0.29) is 41.5 Å². The van der Waals surface area contributed by atoms with Crippen LogP contribution in [0.25, 0.3) is 0 Å². The minimum Gasteiger partial charge on any atom is -0.481 e. The highest BCUT2D eigenvalue weighted by Gasteiger charge is 2.29. The van der Waals surface area contributed by atoms with Gasteiger partial charge in [0.15, 0.2) is 0 Å². The summed E-state index contributed by atoms with van der Waals surface area (Å²) in [5.41, 5.74) is 0. The van der Waals surface area contributed by atoms with Crippen LogP contribution >= 0.6 is 0 Å². The Morgan fingerprint density at radius 2 is 1.17 bits per heavy atom. The van der Waals surface area contributed by atoms with Gasteiger partial charge in [-0.25, -0.2) is 0 Å². The van der Waals surface area contributed by atoms with Crippen molar-refractivity contribution in [3.05, 3.63) is 0 Å². The highest BCUT2D eigenvalue weighted by atomic mass is 16.5. The second-order valence-corrected chi connectivity index (χ2v) is 8.60. The van der Waals surface area contributed by atoms with Gasteiger partial charge in [-0.1, -0.05) is 27.7 Å². The van der Waals surface area contributed by atoms with Crippen molar-refractivity contribution >= 4 is 23.8 Å². The SMILES string of the molecule is CC(C)C(=O)N1CCC(C(=O)O)CC1.CCOC(=O)C1CCN(C(=O)C(C)C)CC1. The minimum absolute atomic E-state index is 0.0105. The van der Waals surface area contributed by atoms with E-state index in [4.69, 9.17) is 9.84 Å². The molecule has 0 atom stereocenters. The maximum atomic E-state index is 11.7. The molecule has 0 saturated carbocycles. The van der Waals surface area contributed by atoms with Crippen molar-refractivity contribution in [3.8, 4) is 0 Å². The lowest BCUT2D eigenvalue weighted by Crippen LogP contribution is -2.42. The molecule has 2 heterocycles. The maximum Gasteiger partial charge on any atom is 0.309 e. The lowest BCUT2D eigenvalue weighted by molar-refractivity contribution is -0.151. The average molecular weight is 427 g/mol. The van der Waals surface area contributed by atoms with Gasteiger partial charge in [0.2, 0.25) is 11.8 Å². The largest absolute Gasteiger partial charge is 0.481 e. The van der Waals surface area contributed by atoms with Gasteiger partial charge < -0.3 is 19.6 Å². The van der Waals surface area contributed by atoms with Gasteiger partial charge in [0, 0.05) is 38.0 Å². The van der Waals surface area contributed by atoms with E-state index >= 15 is 0 Å². The molecule has 0 aromatic carbocycles. The van der Waals surface area contributed by atoms with Crippen LogP contribution < -0.4 is 0 Å². The third-order valence-corrected chi connectivity index (χ3v) is 5.57. The van der Waals surface area contributed by atoms with E-state index in [9.17, 15) is 19.2 Å². The number of esters is 1. The van der Waals surface area contributed by atoms with Crippen molar-refractivity contribution in [3.63, 3.8) is 0 Å². The maximum absolute atomic E-state index is 11.7. The lowest BCUT2D eigenvalue weighted by Gasteiger charge is -2.32. The Labute approximate surface area is 179 Å². The topological polar surface area (TPSA) is 104 Å². The number of rotatable bonds is 5. The first-order valence-electron chi connectivity index (χ1n) is 11.0. The third-order valence-electron chi connectivity index (χ3n) is 5.57. The second-order valence-electron chi connectivity index (χ2n) is 8.60. The molecular weight excluding hydrogens is 388 g/mol. The van der Waals surface area contributed by atoms with Crippen LogP contribution in [0.1, 0.15) is 60.3 Å². The van der Waals surface area contributed by atoms with E-state index < -0.39 is 5.97 Å². The van der Waals surface area contributed by atoms with Crippen molar-refractivity contribution in [2.24, 2.45) is 23.7 Å². The molecule has 8 nitrogen and oxygen atoms in total. The molecule has 0 aromatic rings. The Morgan fingerprint density at radius 1 is 0.800 bits per heavy atom. The molecule has 2 rings (SSSR count). The molecule has 2 aliphatic rings. The summed E-state index contributed by atoms with van der Waals surface area (Å²) in [6.45, 7) is 12.3. The number of amides is 2. The molecule has 0 radical (unpaired) electrons. The number of ether oxygens (including phenoxy) is 1. The summed E-state index contributed by atoms with van der Waals surface area (Å²) >= 11 is 0. The zero-order chi connectivity index (χ0) is 22.8. The van der Waals surface area contributed by atoms with Crippen LogP contribution in [0.2, 0.25) is 0 Å². The molecule has 0 aliphatic carbocycles. The molecule has 8 heteroatoms. The highest BCUT2D eigenvalue weighted by molar-refractivity contribution is 5.79. The van der Waals surface area contributed by atoms with Gasteiger partial charge in [-0.3, -0.25) is 19.2 Å². The average Bonchev–Trinajstić information content (AvgIpc) is 2.73. The van der Waals surface area contributed by atoms with Crippen molar-refractivity contribution in [2.45, 2.75) is 60.3 Å². The number of hydrogen-bond donors (Lipinski definition) is 1. The Kier molecular flexibility index (Phi) is 10.8. The summed E-state index contributed by atoms with van der Waals surface area (Å²) in [5, 5.41) is 8.77. The van der Waals surface area contributed by atoms with E-state index in [1.807, 2.05) is 39.5 Å². The van der Waals surface area contributed by atoms with E-state index in [2.05, 4.69) is 0 Å². The second kappa shape index (κ2) is 12.5. The molecule has 0 bridgehead atoms. The molecule has 0 spiro atoms. The molecular formula is C22H38N2O6. The van der Waals surface area contributed by atoms with Gasteiger partial charge >= 0.3 is 11.9 Å². The molecule has 0 aromatic heterocycles. The lowest BCUT2D eigenvalue weighted by atomic mass is 9.96. The van der Waals surface area contributed by atoms with E-state index in [1.165, 1.54) is 0 Å². The molecule has 2 fully saturated rings. The first-order chi connectivity index (χ1) is 14.1. The molecule has 30 heavy (non-hydrogen) atoms. The van der Waals surface area contributed by atoms with Gasteiger partial charge in [-0.05, 0) is 32.6 Å². The minimum atomic E-state index is -0.735. The Bertz CT molecular complexity index is 588. The van der Waals surface area contributed by atoms with Gasteiger partial charge in [0.25, 0.3) is 0 Å². The van der Waals surface area contributed by atoms with Crippen LogP contribution in [-0.4, -0.2) is 71.4 Å². The number of carboxylic acid groups (broad SMARTS) is 1. The fraction of sp³-hybridized carbons (Fsp3) is 0.818. The number of carboxylic acids is 1. The van der Waals surface area contributed by atoms with Gasteiger partial charge in [0.1, 0.15) is 0 Å². The molecule has 2 saturated heterocycles. The van der Waals surface area contributed by atoms with Gasteiger partial charge in [-0.2, -0.15) is 0 Å². The predicted octanol–water partition coefficient (Wildman–Crippen LogP) is 2.41. The fourth-order valence-electron chi connectivity index (χ4n) is 3.67. The van der Waals surface area contributed by atoms with Crippen LogP contribution in [0, 0.1) is 23.7 Å². The number of carbonyl (C=O) groups is 4. The highest BCUT2D eigenvalue weighted by Crippen LogP contribution is 2.20. The number of piperidine rings is 2. The number of aliphatic carboxylic acids is 1. The molecule has 0 unspecified atom stereocenters. The summed E-state index contributed by atoms with van der Waals surface area (Å²) in [7, 11) is 0. The van der Waals surface area contributed by atoms with E-state index in [1.54, 1.807) is 4.90 Å². The molecule has 2 amide bonds.